The Morgan fingerprint density at radius 3 is 2.37 bits per heavy atom. The van der Waals surface area contributed by atoms with E-state index in [0.29, 0.717) is 23.9 Å². The number of hydrogen-bond acceptors (Lipinski definition) is 3. The van der Waals surface area contributed by atoms with Crippen LogP contribution in [-0.4, -0.2) is 35.1 Å². The molecule has 0 fully saturated rings. The van der Waals surface area contributed by atoms with Crippen molar-refractivity contribution < 1.29 is 14.0 Å². The molecule has 0 radical (unpaired) electrons. The maximum absolute atomic E-state index is 13.0. The van der Waals surface area contributed by atoms with Crippen molar-refractivity contribution in [1.29, 1.82) is 0 Å². The molecule has 7 heteroatoms. The summed E-state index contributed by atoms with van der Waals surface area (Å²) in [6, 6.07) is 12.9. The minimum atomic E-state index is -0.587. The van der Waals surface area contributed by atoms with Crippen molar-refractivity contribution in [3.05, 3.63) is 70.5 Å². The minimum Gasteiger partial charge on any atom is -0.354 e. The molecule has 4 nitrogen and oxygen atoms in total. The van der Waals surface area contributed by atoms with Crippen molar-refractivity contribution in [2.45, 2.75) is 45.0 Å². The lowest BCUT2D eigenvalue weighted by Crippen LogP contribution is -2.48. The van der Waals surface area contributed by atoms with Crippen LogP contribution >= 0.6 is 23.4 Å². The first-order valence-corrected chi connectivity index (χ1v) is 11.6. The van der Waals surface area contributed by atoms with Gasteiger partial charge in [0.05, 0.1) is 5.75 Å². The first kappa shape index (κ1) is 24.2. The number of halogens is 2. The fourth-order valence-corrected chi connectivity index (χ4v) is 3.82. The highest BCUT2D eigenvalue weighted by Crippen LogP contribution is 2.17. The van der Waals surface area contributed by atoms with Gasteiger partial charge in [0.2, 0.25) is 11.8 Å². The first-order valence-electron chi connectivity index (χ1n) is 10.0. The smallest absolute Gasteiger partial charge is 0.242 e. The lowest BCUT2D eigenvalue weighted by atomic mass is 10.1. The van der Waals surface area contributed by atoms with Crippen LogP contribution in [0.1, 0.15) is 37.8 Å². The van der Waals surface area contributed by atoms with Crippen molar-refractivity contribution in [1.82, 2.24) is 10.2 Å². The topological polar surface area (TPSA) is 49.4 Å². The molecule has 162 valence electrons. The zero-order valence-electron chi connectivity index (χ0n) is 17.4. The molecular weight excluding hydrogens is 423 g/mol. The van der Waals surface area contributed by atoms with E-state index in [1.807, 2.05) is 12.1 Å². The van der Waals surface area contributed by atoms with Crippen molar-refractivity contribution in [3.63, 3.8) is 0 Å². The van der Waals surface area contributed by atoms with Gasteiger partial charge in [-0.2, -0.15) is 0 Å². The summed E-state index contributed by atoms with van der Waals surface area (Å²) in [4.78, 5) is 27.1. The van der Waals surface area contributed by atoms with Crippen molar-refractivity contribution in [2.24, 2.45) is 0 Å². The summed E-state index contributed by atoms with van der Waals surface area (Å²) in [6.45, 7) is 4.74. The first-order chi connectivity index (χ1) is 14.4. The Balaban J connectivity index is 2.02. The van der Waals surface area contributed by atoms with E-state index in [1.54, 1.807) is 36.1 Å². The van der Waals surface area contributed by atoms with Crippen LogP contribution in [-0.2, 0) is 21.9 Å². The largest absolute Gasteiger partial charge is 0.354 e. The molecule has 0 aromatic heterocycles. The van der Waals surface area contributed by atoms with E-state index in [2.05, 4.69) is 12.2 Å². The molecule has 0 bridgehead atoms. The Morgan fingerprint density at radius 1 is 1.10 bits per heavy atom. The van der Waals surface area contributed by atoms with Crippen LogP contribution in [0, 0.1) is 5.82 Å². The third-order valence-electron chi connectivity index (χ3n) is 4.67. The van der Waals surface area contributed by atoms with Gasteiger partial charge < -0.3 is 10.2 Å². The molecule has 2 aromatic carbocycles. The van der Waals surface area contributed by atoms with Gasteiger partial charge in [0.15, 0.2) is 0 Å². The summed E-state index contributed by atoms with van der Waals surface area (Å²) < 4.78 is 13.0. The summed E-state index contributed by atoms with van der Waals surface area (Å²) in [5, 5.41) is 3.53. The Bertz CT molecular complexity index is 815. The molecule has 0 unspecified atom stereocenters. The lowest BCUT2D eigenvalue weighted by molar-refractivity contribution is -0.138. The predicted molar refractivity (Wildman–Crippen MR) is 122 cm³/mol. The average Bonchev–Trinajstić information content (AvgIpc) is 2.74. The molecule has 0 aliphatic carbocycles. The molecule has 2 rings (SSSR count). The number of unbranched alkanes of at least 4 members (excludes halogenated alkanes) is 1. The fraction of sp³-hybridized carbons (Fsp3) is 0.391. The summed E-state index contributed by atoms with van der Waals surface area (Å²) >= 11 is 7.41. The van der Waals surface area contributed by atoms with Crippen molar-refractivity contribution in [3.8, 4) is 0 Å². The van der Waals surface area contributed by atoms with Crippen molar-refractivity contribution in [2.75, 3.05) is 12.3 Å². The number of nitrogens with one attached hydrogen (secondary N) is 1. The van der Waals surface area contributed by atoms with Gasteiger partial charge in [-0.3, -0.25) is 9.59 Å². The SMILES string of the molecule is CCCCNC(=O)[C@@H](C)N(Cc1ccc(Cl)cc1)C(=O)CSCc1ccc(F)cc1. The van der Waals surface area contributed by atoms with Crippen LogP contribution in [0.25, 0.3) is 0 Å². The van der Waals surface area contributed by atoms with E-state index >= 15 is 0 Å². The molecule has 0 saturated heterocycles. The molecule has 0 heterocycles. The Morgan fingerprint density at radius 2 is 1.73 bits per heavy atom. The van der Waals surface area contributed by atoms with Crippen LogP contribution in [0.4, 0.5) is 4.39 Å². The molecule has 30 heavy (non-hydrogen) atoms. The highest BCUT2D eigenvalue weighted by Gasteiger charge is 2.25. The number of hydrogen-bond donors (Lipinski definition) is 1. The van der Waals surface area contributed by atoms with Crippen LogP contribution < -0.4 is 5.32 Å². The summed E-state index contributed by atoms with van der Waals surface area (Å²) in [5.74, 6) is 0.275. The van der Waals surface area contributed by atoms with Crippen LogP contribution in [0.3, 0.4) is 0 Å². The highest BCUT2D eigenvalue weighted by atomic mass is 35.5. The van der Waals surface area contributed by atoms with Crippen molar-refractivity contribution >= 4 is 35.2 Å². The third kappa shape index (κ3) is 8.00. The Labute approximate surface area is 187 Å². The normalized spacial score (nSPS) is 11.7. The molecule has 0 saturated carbocycles. The standard InChI is InChI=1S/C23H28ClFN2O2S/c1-3-4-13-26-23(29)17(2)27(14-18-5-9-20(24)10-6-18)22(28)16-30-15-19-7-11-21(25)12-8-19/h5-12,17H,3-4,13-16H2,1-2H3,(H,26,29)/t17-/m1/s1. The number of benzene rings is 2. The van der Waals surface area contributed by atoms with E-state index in [9.17, 15) is 14.0 Å². The fourth-order valence-electron chi connectivity index (χ4n) is 2.82. The summed E-state index contributed by atoms with van der Waals surface area (Å²) in [7, 11) is 0. The van der Waals surface area contributed by atoms with Gasteiger partial charge in [-0.25, -0.2) is 4.39 Å². The second kappa shape index (κ2) is 12.6. The van der Waals surface area contributed by atoms with Crippen LogP contribution in [0.15, 0.2) is 48.5 Å². The van der Waals surface area contributed by atoms with Gasteiger partial charge in [0.25, 0.3) is 0 Å². The van der Waals surface area contributed by atoms with Gasteiger partial charge in [-0.15, -0.1) is 11.8 Å². The number of thioether (sulfide) groups is 1. The molecule has 2 amide bonds. The molecule has 0 aliphatic rings. The third-order valence-corrected chi connectivity index (χ3v) is 5.91. The summed E-state index contributed by atoms with van der Waals surface area (Å²) in [5.41, 5.74) is 1.85. The number of rotatable bonds is 11. The van der Waals surface area contributed by atoms with Crippen LogP contribution in [0.5, 0.6) is 0 Å². The van der Waals surface area contributed by atoms with Gasteiger partial charge in [-0.1, -0.05) is 49.2 Å². The number of nitrogens with zero attached hydrogens (tertiary/aromatic N) is 1. The van der Waals surface area contributed by atoms with Crippen LogP contribution in [0.2, 0.25) is 5.02 Å². The van der Waals surface area contributed by atoms with Gasteiger partial charge in [-0.05, 0) is 48.7 Å². The van der Waals surface area contributed by atoms with Gasteiger partial charge in [0.1, 0.15) is 11.9 Å². The minimum absolute atomic E-state index is 0.116. The second-order valence-electron chi connectivity index (χ2n) is 7.09. The van der Waals surface area contributed by atoms with E-state index in [0.717, 1.165) is 24.0 Å². The zero-order valence-corrected chi connectivity index (χ0v) is 18.9. The second-order valence-corrected chi connectivity index (χ2v) is 8.51. The number of amides is 2. The average molecular weight is 451 g/mol. The molecule has 1 atom stereocenters. The number of carbonyl (C=O) groups excluding carboxylic acids is 2. The Kier molecular flexibility index (Phi) is 10.2. The lowest BCUT2D eigenvalue weighted by Gasteiger charge is -2.29. The van der Waals surface area contributed by atoms with Gasteiger partial charge >= 0.3 is 0 Å². The maximum Gasteiger partial charge on any atom is 0.242 e. The number of carbonyl (C=O) groups is 2. The quantitative estimate of drug-likeness (QED) is 0.487. The van der Waals surface area contributed by atoms with Gasteiger partial charge in [0, 0.05) is 23.9 Å². The monoisotopic (exact) mass is 450 g/mol. The van der Waals surface area contributed by atoms with E-state index in [-0.39, 0.29) is 23.4 Å². The molecular formula is C23H28ClFN2O2S. The molecule has 0 aliphatic heterocycles. The predicted octanol–water partition coefficient (Wildman–Crippen LogP) is 5.05. The Hall–Kier alpha value is -2.05. The molecule has 2 aromatic rings. The zero-order chi connectivity index (χ0) is 21.9. The molecule has 0 spiro atoms. The highest BCUT2D eigenvalue weighted by molar-refractivity contribution is 7.99. The van der Waals surface area contributed by atoms with E-state index in [1.165, 1.54) is 23.9 Å². The van der Waals surface area contributed by atoms with E-state index in [4.69, 9.17) is 11.6 Å². The maximum atomic E-state index is 13.0. The summed E-state index contributed by atoms with van der Waals surface area (Å²) in [6.07, 6.45) is 1.89. The van der Waals surface area contributed by atoms with E-state index < -0.39 is 6.04 Å². The molecule has 1 N–H and O–H groups in total.